The first-order valence-corrected chi connectivity index (χ1v) is 21.6. The van der Waals surface area contributed by atoms with E-state index < -0.39 is 36.4 Å². The molecule has 288 valence electrons. The summed E-state index contributed by atoms with van der Waals surface area (Å²) in [5, 5.41) is 31.0. The van der Waals surface area contributed by atoms with Crippen LogP contribution in [0.5, 0.6) is 5.75 Å². The summed E-state index contributed by atoms with van der Waals surface area (Å²) in [5.74, 6) is -0.923. The number of hydrogen-bond acceptors (Lipinski definition) is 10. The van der Waals surface area contributed by atoms with E-state index in [1.165, 1.54) is 12.1 Å². The summed E-state index contributed by atoms with van der Waals surface area (Å²) in [6.45, 7) is 5.73. The third-order valence-corrected chi connectivity index (χ3v) is 13.8. The maximum Gasteiger partial charge on any atom is 0.269 e. The predicted octanol–water partition coefficient (Wildman–Crippen LogP) is 5.80. The van der Waals surface area contributed by atoms with Crippen LogP contribution < -0.4 is 14.5 Å². The van der Waals surface area contributed by atoms with Crippen LogP contribution in [-0.2, 0) is 33.0 Å². The number of nitro groups is 1. The van der Waals surface area contributed by atoms with E-state index in [2.05, 4.69) is 10.3 Å². The normalized spacial score (nSPS) is 22.3. The lowest BCUT2D eigenvalue weighted by Crippen LogP contribution is -2.46. The fourth-order valence-electron chi connectivity index (χ4n) is 8.86. The molecule has 15 heteroatoms. The number of aliphatic hydroxyl groups is 1. The highest BCUT2D eigenvalue weighted by Gasteiger charge is 2.66. The van der Waals surface area contributed by atoms with E-state index in [-0.39, 0.29) is 43.2 Å². The molecule has 1 fully saturated rings. The van der Waals surface area contributed by atoms with E-state index in [9.17, 15) is 24.8 Å². The molecule has 0 radical (unpaired) electrons. The van der Waals surface area contributed by atoms with Crippen molar-refractivity contribution < 1.29 is 33.9 Å². The van der Waals surface area contributed by atoms with Gasteiger partial charge >= 0.3 is 0 Å². The van der Waals surface area contributed by atoms with E-state index in [0.29, 0.717) is 47.0 Å². The van der Waals surface area contributed by atoms with Gasteiger partial charge in [-0.25, -0.2) is 0 Å². The van der Waals surface area contributed by atoms with Gasteiger partial charge in [0.25, 0.3) is 17.5 Å². The summed E-state index contributed by atoms with van der Waals surface area (Å²) in [7, 11) is -3.04. The lowest BCUT2D eigenvalue weighted by Gasteiger charge is -2.32. The molecule has 0 bridgehead atoms. The number of amides is 2. The Morgan fingerprint density at radius 3 is 2.52 bits per heavy atom. The number of ether oxygens (including phenoxy) is 2. The zero-order valence-electron chi connectivity index (χ0n) is 31.2. The topological polar surface area (TPSA) is 173 Å². The Kier molecular flexibility index (Phi) is 9.56. The lowest BCUT2D eigenvalue weighted by atomic mass is 9.82. The number of rotatable bonds is 11. The SMILES string of the molecule is C[C@@H]1[C@@H]([Si](C)(C)O)[C@H](CCn2cc(C(CO)c3ccccc3)nn2)O[C@@]12C(=O)N(Cc1cccc(N3C(=O)COc4ccccc43)c1)c1ccc([N+](=O)[O-])cc12. The van der Waals surface area contributed by atoms with Crippen LogP contribution in [0.15, 0.2) is 103 Å². The molecular weight excluding hydrogens is 733 g/mol. The summed E-state index contributed by atoms with van der Waals surface area (Å²) in [4.78, 5) is 54.8. The highest BCUT2D eigenvalue weighted by molar-refractivity contribution is 6.71. The van der Waals surface area contributed by atoms with Gasteiger partial charge in [-0.1, -0.05) is 66.7 Å². The summed E-state index contributed by atoms with van der Waals surface area (Å²) < 4.78 is 14.3. The number of aromatic nitrogens is 3. The average Bonchev–Trinajstić information content (AvgIpc) is 3.84. The first kappa shape index (κ1) is 37.2. The van der Waals surface area contributed by atoms with Crippen LogP contribution in [-0.4, -0.2) is 69.3 Å². The van der Waals surface area contributed by atoms with Crippen molar-refractivity contribution in [3.05, 3.63) is 136 Å². The second-order valence-corrected chi connectivity index (χ2v) is 19.2. The second-order valence-electron chi connectivity index (χ2n) is 15.2. The number of nitro benzene ring substituents is 1. The molecule has 0 aliphatic carbocycles. The molecule has 14 nitrogen and oxygen atoms in total. The van der Waals surface area contributed by atoms with Crippen LogP contribution in [0.4, 0.5) is 22.7 Å². The van der Waals surface area contributed by atoms with Crippen molar-refractivity contribution in [3.8, 4) is 5.75 Å². The number of para-hydroxylation sites is 2. The van der Waals surface area contributed by atoms with Crippen molar-refractivity contribution >= 4 is 42.9 Å². The Morgan fingerprint density at radius 1 is 1.00 bits per heavy atom. The van der Waals surface area contributed by atoms with Crippen LogP contribution in [0.2, 0.25) is 18.6 Å². The number of aliphatic hydroxyl groups excluding tert-OH is 1. The molecule has 4 heterocycles. The number of nitrogens with zero attached hydrogens (tertiary/aromatic N) is 6. The van der Waals surface area contributed by atoms with Gasteiger partial charge in [0.15, 0.2) is 20.5 Å². The van der Waals surface area contributed by atoms with Crippen LogP contribution in [0.3, 0.4) is 0 Å². The Bertz CT molecular complexity index is 2310. The second kappa shape index (κ2) is 14.4. The zero-order valence-corrected chi connectivity index (χ0v) is 32.2. The van der Waals surface area contributed by atoms with Crippen molar-refractivity contribution in [2.75, 3.05) is 23.0 Å². The summed E-state index contributed by atoms with van der Waals surface area (Å²) in [5.41, 5.74) is 2.14. The van der Waals surface area contributed by atoms with Gasteiger partial charge in [0.2, 0.25) is 0 Å². The summed E-state index contributed by atoms with van der Waals surface area (Å²) in [6.07, 6.45) is 1.57. The fourth-order valence-corrected chi connectivity index (χ4v) is 11.5. The number of anilines is 3. The van der Waals surface area contributed by atoms with Crippen LogP contribution >= 0.6 is 0 Å². The molecule has 8 rings (SSSR count). The number of carbonyl (C=O) groups is 2. The predicted molar refractivity (Wildman–Crippen MR) is 209 cm³/mol. The minimum atomic E-state index is -3.04. The quantitative estimate of drug-likeness (QED) is 0.0949. The molecule has 1 saturated heterocycles. The third kappa shape index (κ3) is 6.35. The molecule has 2 amide bonds. The monoisotopic (exact) mass is 774 g/mol. The zero-order chi connectivity index (χ0) is 39.4. The molecule has 1 spiro atoms. The average molecular weight is 775 g/mol. The molecule has 0 saturated carbocycles. The number of aryl methyl sites for hydroxylation is 1. The van der Waals surface area contributed by atoms with Crippen molar-refractivity contribution in [2.24, 2.45) is 5.92 Å². The number of carbonyl (C=O) groups excluding carboxylic acids is 2. The molecule has 3 aliphatic rings. The van der Waals surface area contributed by atoms with Crippen LogP contribution in [0.25, 0.3) is 0 Å². The molecule has 1 unspecified atom stereocenters. The lowest BCUT2D eigenvalue weighted by molar-refractivity contribution is -0.385. The maximum absolute atomic E-state index is 15.1. The first-order chi connectivity index (χ1) is 26.9. The van der Waals surface area contributed by atoms with Gasteiger partial charge in [-0.2, -0.15) is 0 Å². The molecule has 3 aliphatic heterocycles. The fraction of sp³-hybridized carbons (Fsp3) is 0.317. The van der Waals surface area contributed by atoms with E-state index in [1.54, 1.807) is 32.8 Å². The van der Waals surface area contributed by atoms with E-state index in [0.717, 1.165) is 11.1 Å². The Morgan fingerprint density at radius 2 is 1.77 bits per heavy atom. The third-order valence-electron chi connectivity index (χ3n) is 11.3. The molecule has 5 aromatic rings. The highest BCUT2D eigenvalue weighted by atomic mass is 28.4. The summed E-state index contributed by atoms with van der Waals surface area (Å²) in [6, 6.07) is 28.6. The Balaban J connectivity index is 1.11. The minimum Gasteiger partial charge on any atom is -0.482 e. The number of hydrogen-bond donors (Lipinski definition) is 2. The molecule has 56 heavy (non-hydrogen) atoms. The van der Waals surface area contributed by atoms with Gasteiger partial charge in [0, 0.05) is 47.6 Å². The van der Waals surface area contributed by atoms with E-state index >= 15 is 4.79 Å². The van der Waals surface area contributed by atoms with Crippen LogP contribution in [0, 0.1) is 16.0 Å². The molecular formula is C41H42N6O8Si. The van der Waals surface area contributed by atoms with Gasteiger partial charge in [-0.05, 0) is 61.0 Å². The van der Waals surface area contributed by atoms with Gasteiger partial charge in [-0.15, -0.1) is 5.10 Å². The number of fused-ring (bicyclic) bond motifs is 3. The van der Waals surface area contributed by atoms with E-state index in [1.807, 2.05) is 92.8 Å². The van der Waals surface area contributed by atoms with Gasteiger partial charge in [-0.3, -0.25) is 29.3 Å². The van der Waals surface area contributed by atoms with E-state index in [4.69, 9.17) is 9.47 Å². The number of non-ortho nitro benzene ring substituents is 1. The standard InChI is InChI=1S/C41H42N6O8Si/c1-26-39(56(2,3)53)37(18-19-44-23-33(42-43-44)31(24-48)28-11-5-4-6-12-28)55-41(26)32-21-30(47(51)52)16-17-34(32)45(40(41)50)22-27-10-9-13-29(20-27)46-35-14-7-8-15-36(35)54-25-38(46)49/h4-17,20-21,23,26,31,37,39,48,53H,18-19,22,24-25H2,1-3H3/t26-,31?,37+,39-,41+/m1/s1. The Labute approximate surface area is 324 Å². The van der Waals surface area contributed by atoms with Gasteiger partial charge in [0.05, 0.1) is 47.2 Å². The number of benzene rings is 4. The first-order valence-electron chi connectivity index (χ1n) is 18.6. The van der Waals surface area contributed by atoms with Crippen molar-refractivity contribution in [3.63, 3.8) is 0 Å². The van der Waals surface area contributed by atoms with Crippen molar-refractivity contribution in [1.29, 1.82) is 0 Å². The van der Waals surface area contributed by atoms with Gasteiger partial charge in [0.1, 0.15) is 5.75 Å². The molecule has 2 N–H and O–H groups in total. The highest BCUT2D eigenvalue weighted by Crippen LogP contribution is 2.60. The van der Waals surface area contributed by atoms with Crippen LogP contribution in [0.1, 0.15) is 41.6 Å². The smallest absolute Gasteiger partial charge is 0.269 e. The van der Waals surface area contributed by atoms with Crippen molar-refractivity contribution in [1.82, 2.24) is 15.0 Å². The molecule has 4 aromatic carbocycles. The minimum absolute atomic E-state index is 0.0972. The molecule has 5 atom stereocenters. The molecule has 1 aromatic heterocycles. The summed E-state index contributed by atoms with van der Waals surface area (Å²) >= 11 is 0. The Hall–Kier alpha value is -5.74. The van der Waals surface area contributed by atoms with Gasteiger partial charge < -0.3 is 24.3 Å². The van der Waals surface area contributed by atoms with Crippen molar-refractivity contribution in [2.45, 2.75) is 62.7 Å². The largest absolute Gasteiger partial charge is 0.482 e. The maximum atomic E-state index is 15.1.